The smallest absolute Gasteiger partial charge is 0.394 e. The molecule has 11 atom stereocenters. The van der Waals surface area contributed by atoms with Crippen LogP contribution in [0.25, 0.3) is 11.2 Å². The minimum Gasteiger partial charge on any atom is -0.394 e. The number of imidazole rings is 1. The summed E-state index contributed by atoms with van der Waals surface area (Å²) in [5, 5.41) is 59.0. The van der Waals surface area contributed by atoms with Crippen LogP contribution in [-0.2, 0) is 39.2 Å². The number of rotatable bonds is 14. The number of phosphoric ester groups is 1. The third-order valence-electron chi connectivity index (χ3n) is 5.85. The summed E-state index contributed by atoms with van der Waals surface area (Å²) in [6.07, 6.45) is -12.5. The van der Waals surface area contributed by atoms with Crippen LogP contribution in [0.2, 0.25) is 0 Å². The number of nitrogens with zero attached hydrogens (tertiary/aromatic N) is 4. The molecule has 1 fully saturated rings. The van der Waals surface area contributed by atoms with Crippen molar-refractivity contribution in [3.05, 3.63) is 25.3 Å². The topological polar surface area (TPSA) is 295 Å². The number of ether oxygens (including phenoxy) is 2. The number of anilines is 1. The van der Waals surface area contributed by atoms with E-state index < -0.39 is 82.8 Å². The first-order chi connectivity index (χ1) is 19.4. The van der Waals surface area contributed by atoms with Crippen LogP contribution in [0.3, 0.4) is 0 Å². The fraction of sp³-hybridized carbons (Fsp3) is 0.632. The quantitative estimate of drug-likeness (QED) is 0.0756. The summed E-state index contributed by atoms with van der Waals surface area (Å²) in [6, 6.07) is 0. The van der Waals surface area contributed by atoms with Crippen LogP contribution >= 0.6 is 14.5 Å². The Balaban J connectivity index is 1.71. The maximum Gasteiger partial charge on any atom is 0.481 e. The SMILES string of the molecule is C=C[C@H](O)C(F)(COP(O)(=S)OP(=O)(O)OC1OC([C@@H](O)CO)C(O)C(O)C1O)O[C@H](C)n1cnc2c(N)ncnc21. The van der Waals surface area contributed by atoms with Gasteiger partial charge in [-0.15, -0.1) is 6.58 Å². The van der Waals surface area contributed by atoms with Gasteiger partial charge in [-0.25, -0.2) is 28.2 Å². The Morgan fingerprint density at radius 2 is 1.93 bits per heavy atom. The second-order valence-electron chi connectivity index (χ2n) is 8.86. The number of halogens is 1. The number of nitrogens with two attached hydrogens (primary N) is 1. The van der Waals surface area contributed by atoms with Gasteiger partial charge in [0.05, 0.1) is 12.9 Å². The molecule has 10 N–H and O–H groups in total. The van der Waals surface area contributed by atoms with Crippen molar-refractivity contribution in [2.24, 2.45) is 0 Å². The van der Waals surface area contributed by atoms with E-state index in [1.807, 2.05) is 0 Å². The number of alkyl halides is 1. The van der Waals surface area contributed by atoms with Crippen molar-refractivity contribution in [2.45, 2.75) is 61.9 Å². The van der Waals surface area contributed by atoms with Gasteiger partial charge in [0.25, 0.3) is 5.85 Å². The lowest BCUT2D eigenvalue weighted by molar-refractivity contribution is -0.292. The molecule has 0 aliphatic carbocycles. The van der Waals surface area contributed by atoms with Gasteiger partial charge in [-0.2, -0.15) is 0 Å². The summed E-state index contributed by atoms with van der Waals surface area (Å²) in [7, 11) is -5.58. The highest BCUT2D eigenvalue weighted by Gasteiger charge is 2.50. The third kappa shape index (κ3) is 7.90. The Hall–Kier alpha value is -1.62. The van der Waals surface area contributed by atoms with Crippen molar-refractivity contribution in [3.63, 3.8) is 0 Å². The molecular weight excluding hydrogens is 635 g/mol. The Morgan fingerprint density at radius 3 is 2.55 bits per heavy atom. The number of aromatic nitrogens is 4. The summed E-state index contributed by atoms with van der Waals surface area (Å²) >= 11 is 4.64. The second-order valence-corrected chi connectivity index (χ2v) is 13.2. The molecule has 0 amide bonds. The van der Waals surface area contributed by atoms with Gasteiger partial charge in [0.2, 0.25) is 0 Å². The Bertz CT molecular complexity index is 1350. The van der Waals surface area contributed by atoms with Crippen LogP contribution in [0, 0.1) is 0 Å². The number of fused-ring (bicyclic) bond motifs is 1. The van der Waals surface area contributed by atoms with Gasteiger partial charge in [0.15, 0.2) is 17.8 Å². The van der Waals surface area contributed by atoms with Crippen molar-refractivity contribution in [3.8, 4) is 0 Å². The van der Waals surface area contributed by atoms with E-state index in [-0.39, 0.29) is 17.0 Å². The molecule has 3 heterocycles. The zero-order chi connectivity index (χ0) is 31.6. The molecule has 1 aliphatic heterocycles. The first kappa shape index (κ1) is 34.9. The van der Waals surface area contributed by atoms with Gasteiger partial charge in [0.1, 0.15) is 61.3 Å². The van der Waals surface area contributed by atoms with E-state index in [9.17, 15) is 39.9 Å². The fourth-order valence-electron chi connectivity index (χ4n) is 3.70. The van der Waals surface area contributed by atoms with Crippen LogP contribution in [0.5, 0.6) is 0 Å². The number of hydrogen-bond acceptors (Lipinski definition) is 17. The lowest BCUT2D eigenvalue weighted by atomic mass is 9.96. The normalized spacial score (nSPS) is 29.6. The fourth-order valence-corrected chi connectivity index (χ4v) is 6.78. The summed E-state index contributed by atoms with van der Waals surface area (Å²) in [6.45, 7) is -2.72. The van der Waals surface area contributed by atoms with E-state index in [0.29, 0.717) is 0 Å². The van der Waals surface area contributed by atoms with Gasteiger partial charge in [-0.1, -0.05) is 6.08 Å². The molecule has 8 unspecified atom stereocenters. The molecule has 0 radical (unpaired) electrons. The molecule has 2 aromatic heterocycles. The summed E-state index contributed by atoms with van der Waals surface area (Å²) in [4.78, 5) is 32.2. The van der Waals surface area contributed by atoms with Gasteiger partial charge >= 0.3 is 14.5 Å². The van der Waals surface area contributed by atoms with Gasteiger partial charge in [0, 0.05) is 0 Å². The average Bonchev–Trinajstić information content (AvgIpc) is 3.36. The number of hydrogen-bond donors (Lipinski definition) is 9. The highest BCUT2D eigenvalue weighted by molar-refractivity contribution is 8.08. The van der Waals surface area contributed by atoms with E-state index in [1.54, 1.807) is 0 Å². The predicted molar refractivity (Wildman–Crippen MR) is 140 cm³/mol. The first-order valence-corrected chi connectivity index (χ1v) is 15.8. The lowest BCUT2D eigenvalue weighted by Gasteiger charge is -2.41. The van der Waals surface area contributed by atoms with Gasteiger partial charge < -0.3 is 60.2 Å². The van der Waals surface area contributed by atoms with Gasteiger partial charge in [-0.05, 0) is 18.7 Å². The number of phosphoric acid groups is 1. The van der Waals surface area contributed by atoms with Gasteiger partial charge in [-0.3, -0.25) is 9.09 Å². The van der Waals surface area contributed by atoms with E-state index in [1.165, 1.54) is 17.8 Å². The van der Waals surface area contributed by atoms with Crippen LogP contribution in [0.15, 0.2) is 25.3 Å². The molecule has 2 aromatic rings. The lowest BCUT2D eigenvalue weighted by Crippen LogP contribution is -2.61. The Labute approximate surface area is 241 Å². The molecule has 0 spiro atoms. The van der Waals surface area contributed by atoms with Crippen molar-refractivity contribution in [1.29, 1.82) is 0 Å². The Kier molecular flexibility index (Phi) is 11.3. The molecule has 1 aliphatic rings. The number of aliphatic hydroxyl groups excluding tert-OH is 6. The molecule has 42 heavy (non-hydrogen) atoms. The van der Waals surface area contributed by atoms with E-state index in [4.69, 9.17) is 24.8 Å². The molecule has 23 heteroatoms. The maximum absolute atomic E-state index is 15.9. The van der Waals surface area contributed by atoms with Crippen LogP contribution in [0.4, 0.5) is 10.2 Å². The standard InChI is InChI=1S/C19H30FN5O14P2S/c1-3-10(28)19(20,37-8(2)25-7-24-11-16(21)22-6-23-17(11)25)5-35-41(34,42)39-40(32,33)38-18-14(31)12(29)13(30)15(36-18)9(27)4-26/h3,6-10,12-15,18,26-31H,1,4-5H2,2H3,(H,32,33)(H,34,42)(H2,21,22,23)/t8-,9+,10+,12?,13?,14?,15?,18?,19?,41?/m1/s1. The first-order valence-electron chi connectivity index (χ1n) is 11.7. The molecule has 0 saturated carbocycles. The highest BCUT2D eigenvalue weighted by atomic mass is 32.5. The van der Waals surface area contributed by atoms with Crippen molar-refractivity contribution in [1.82, 2.24) is 19.5 Å². The maximum atomic E-state index is 15.9. The zero-order valence-electron chi connectivity index (χ0n) is 21.5. The van der Waals surface area contributed by atoms with E-state index in [0.717, 1.165) is 12.4 Å². The minimum atomic E-state index is -5.58. The highest BCUT2D eigenvalue weighted by Crippen LogP contribution is 2.62. The van der Waals surface area contributed by atoms with Crippen molar-refractivity contribution in [2.75, 3.05) is 18.9 Å². The van der Waals surface area contributed by atoms with Crippen molar-refractivity contribution < 1.29 is 72.2 Å². The molecule has 238 valence electrons. The molecule has 19 nitrogen and oxygen atoms in total. The molecule has 0 bridgehead atoms. The van der Waals surface area contributed by atoms with E-state index in [2.05, 4.69) is 42.2 Å². The van der Waals surface area contributed by atoms with E-state index >= 15 is 4.39 Å². The molecule has 3 rings (SSSR count). The average molecular weight is 665 g/mol. The van der Waals surface area contributed by atoms with Crippen LogP contribution in [0.1, 0.15) is 13.2 Å². The minimum absolute atomic E-state index is 0.0256. The molecule has 0 aromatic carbocycles. The summed E-state index contributed by atoms with van der Waals surface area (Å²) < 4.78 is 53.7. The number of aliphatic hydroxyl groups is 6. The second kappa shape index (κ2) is 13.6. The molecular formula is C19H30FN5O14P2S. The predicted octanol–water partition coefficient (Wildman–Crippen LogP) is -2.32. The number of nitrogen functional groups attached to an aromatic ring is 1. The van der Waals surface area contributed by atoms with Crippen LogP contribution in [-0.4, -0.2) is 122 Å². The van der Waals surface area contributed by atoms with Crippen molar-refractivity contribution >= 4 is 43.3 Å². The summed E-state index contributed by atoms with van der Waals surface area (Å²) in [5.74, 6) is -3.19. The largest absolute Gasteiger partial charge is 0.481 e. The molecule has 1 saturated heterocycles. The third-order valence-corrected chi connectivity index (χ3v) is 9.35. The van der Waals surface area contributed by atoms with Crippen LogP contribution < -0.4 is 5.73 Å². The Morgan fingerprint density at radius 1 is 1.26 bits per heavy atom. The summed E-state index contributed by atoms with van der Waals surface area (Å²) in [5.41, 5.74) is 6.04. The zero-order valence-corrected chi connectivity index (χ0v) is 24.2. The monoisotopic (exact) mass is 665 g/mol.